The number of fused-ring (bicyclic) bond motifs is 1. The first-order chi connectivity index (χ1) is 14.3. The monoisotopic (exact) mass is 406 g/mol. The Bertz CT molecular complexity index is 1080. The van der Waals surface area contributed by atoms with E-state index in [2.05, 4.69) is 34.5 Å². The van der Waals surface area contributed by atoms with Crippen LogP contribution in [0.2, 0.25) is 0 Å². The van der Waals surface area contributed by atoms with Gasteiger partial charge in [-0.2, -0.15) is 10.2 Å². The molecule has 7 nitrogen and oxygen atoms in total. The highest BCUT2D eigenvalue weighted by molar-refractivity contribution is 5.86. The third kappa shape index (κ3) is 3.13. The zero-order chi connectivity index (χ0) is 21.5. The number of hydrazone groups is 1. The second-order valence-electron chi connectivity index (χ2n) is 8.98. The van der Waals surface area contributed by atoms with Gasteiger partial charge in [-0.25, -0.2) is 10.4 Å². The molecule has 4 rings (SSSR count). The van der Waals surface area contributed by atoms with Crippen molar-refractivity contribution >= 4 is 23.2 Å². The highest BCUT2D eigenvalue weighted by atomic mass is 16.2. The van der Waals surface area contributed by atoms with Crippen molar-refractivity contribution in [2.45, 2.75) is 59.9 Å². The van der Waals surface area contributed by atoms with Crippen molar-refractivity contribution in [3.8, 4) is 0 Å². The van der Waals surface area contributed by atoms with E-state index in [1.54, 1.807) is 12.4 Å². The molecule has 2 N–H and O–H groups in total. The third-order valence-electron chi connectivity index (χ3n) is 7.28. The minimum absolute atomic E-state index is 0.0529. The number of nitrogens with one attached hydrogen (secondary N) is 2. The van der Waals surface area contributed by atoms with Crippen LogP contribution in [0.4, 0.5) is 0 Å². The predicted octanol–water partition coefficient (Wildman–Crippen LogP) is 4.15. The molecule has 2 atom stereocenters. The van der Waals surface area contributed by atoms with Gasteiger partial charge in [0.1, 0.15) is 5.82 Å². The molecule has 2 aromatic heterocycles. The minimum Gasteiger partial charge on any atom is -0.342 e. The molecule has 7 heteroatoms. The average Bonchev–Trinajstić information content (AvgIpc) is 3.36. The predicted molar refractivity (Wildman–Crippen MR) is 118 cm³/mol. The molecule has 1 amide bonds. The lowest BCUT2D eigenvalue weighted by atomic mass is 9.65. The van der Waals surface area contributed by atoms with Crippen LogP contribution in [0.3, 0.4) is 0 Å². The van der Waals surface area contributed by atoms with Crippen LogP contribution in [0.25, 0.3) is 11.0 Å². The van der Waals surface area contributed by atoms with Gasteiger partial charge in [-0.05, 0) is 44.2 Å². The molecule has 2 heterocycles. The Morgan fingerprint density at radius 2 is 2.13 bits per heavy atom. The number of rotatable bonds is 5. The minimum atomic E-state index is -0.545. The molecule has 1 aliphatic rings. The summed E-state index contributed by atoms with van der Waals surface area (Å²) >= 11 is 0. The summed E-state index contributed by atoms with van der Waals surface area (Å²) in [6, 6.07) is 8.05. The van der Waals surface area contributed by atoms with Gasteiger partial charge in [-0.15, -0.1) is 0 Å². The van der Waals surface area contributed by atoms with Gasteiger partial charge in [0, 0.05) is 23.7 Å². The summed E-state index contributed by atoms with van der Waals surface area (Å²) in [4.78, 5) is 21.5. The Kier molecular flexibility index (Phi) is 5.00. The van der Waals surface area contributed by atoms with Gasteiger partial charge < -0.3 is 4.98 Å². The Morgan fingerprint density at radius 3 is 2.83 bits per heavy atom. The average molecular weight is 407 g/mol. The molecule has 1 fully saturated rings. The number of nitrogens with zero attached hydrogens (tertiary/aromatic N) is 4. The molecular weight excluding hydrogens is 376 g/mol. The molecule has 1 aliphatic carbocycles. The number of carbonyl (C=O) groups excluding carboxylic acids is 1. The fourth-order valence-corrected chi connectivity index (χ4v) is 4.71. The van der Waals surface area contributed by atoms with Crippen LogP contribution in [-0.4, -0.2) is 31.9 Å². The number of hydrogen-bond donors (Lipinski definition) is 2. The van der Waals surface area contributed by atoms with Crippen LogP contribution in [0, 0.1) is 17.8 Å². The van der Waals surface area contributed by atoms with Crippen molar-refractivity contribution in [2.24, 2.45) is 15.9 Å². The van der Waals surface area contributed by atoms with E-state index in [0.29, 0.717) is 0 Å². The number of aryl methyl sites for hydroxylation is 1. The van der Waals surface area contributed by atoms with E-state index in [9.17, 15) is 4.79 Å². The number of aromatic nitrogens is 4. The highest BCUT2D eigenvalue weighted by Crippen LogP contribution is 2.59. The Hall–Kier alpha value is -2.96. The number of hydrogen-bond acceptors (Lipinski definition) is 4. The lowest BCUT2D eigenvalue weighted by Crippen LogP contribution is -2.45. The van der Waals surface area contributed by atoms with Gasteiger partial charge in [0.15, 0.2) is 0 Å². The van der Waals surface area contributed by atoms with Crippen molar-refractivity contribution < 1.29 is 4.79 Å². The van der Waals surface area contributed by atoms with Gasteiger partial charge in [0.2, 0.25) is 5.91 Å². The fraction of sp³-hybridized carbons (Fsp3) is 0.478. The van der Waals surface area contributed by atoms with Gasteiger partial charge in [-0.1, -0.05) is 32.9 Å². The van der Waals surface area contributed by atoms with Gasteiger partial charge >= 0.3 is 0 Å². The number of carbonyl (C=O) groups is 1. The SMILES string of the molecule is CCn1ncc(/C=N\NC(=O)[C@@]2(C)CC[C@@H](c3nc4ccccc4[nH]3)C2(C)C)c1C. The first-order valence-electron chi connectivity index (χ1n) is 10.6. The normalized spacial score (nSPS) is 23.4. The molecule has 0 unspecified atom stereocenters. The van der Waals surface area contributed by atoms with Crippen molar-refractivity contribution in [1.29, 1.82) is 0 Å². The van der Waals surface area contributed by atoms with E-state index < -0.39 is 5.41 Å². The second kappa shape index (κ2) is 7.38. The molecule has 0 aliphatic heterocycles. The zero-order valence-electron chi connectivity index (χ0n) is 18.4. The number of imidazole rings is 1. The zero-order valence-corrected chi connectivity index (χ0v) is 18.4. The van der Waals surface area contributed by atoms with Crippen molar-refractivity contribution in [3.63, 3.8) is 0 Å². The number of benzene rings is 1. The summed E-state index contributed by atoms with van der Waals surface area (Å²) in [5.41, 5.74) is 5.91. The summed E-state index contributed by atoms with van der Waals surface area (Å²) in [5, 5.41) is 8.55. The molecular formula is C23H30N6O. The molecule has 0 spiro atoms. The molecule has 1 aromatic carbocycles. The topological polar surface area (TPSA) is 88.0 Å². The molecule has 0 bridgehead atoms. The lowest BCUT2D eigenvalue weighted by molar-refractivity contribution is -0.135. The molecule has 158 valence electrons. The third-order valence-corrected chi connectivity index (χ3v) is 7.28. The number of aromatic amines is 1. The highest BCUT2D eigenvalue weighted by Gasteiger charge is 2.57. The van der Waals surface area contributed by atoms with E-state index in [0.717, 1.165) is 47.5 Å². The molecule has 0 radical (unpaired) electrons. The second-order valence-corrected chi connectivity index (χ2v) is 8.98. The Balaban J connectivity index is 1.52. The van der Waals surface area contributed by atoms with E-state index in [-0.39, 0.29) is 17.2 Å². The van der Waals surface area contributed by atoms with Crippen LogP contribution in [0.15, 0.2) is 35.6 Å². The Morgan fingerprint density at radius 1 is 1.37 bits per heavy atom. The number of H-pyrrole nitrogens is 1. The van der Waals surface area contributed by atoms with Crippen molar-refractivity contribution in [1.82, 2.24) is 25.2 Å². The maximum Gasteiger partial charge on any atom is 0.246 e. The number of amides is 1. The smallest absolute Gasteiger partial charge is 0.246 e. The summed E-state index contributed by atoms with van der Waals surface area (Å²) in [6.07, 6.45) is 5.14. The number of para-hydroxylation sites is 2. The summed E-state index contributed by atoms with van der Waals surface area (Å²) in [7, 11) is 0. The van der Waals surface area contributed by atoms with E-state index in [1.807, 2.05) is 49.7 Å². The first-order valence-corrected chi connectivity index (χ1v) is 10.6. The van der Waals surface area contributed by atoms with Gasteiger partial charge in [0.25, 0.3) is 0 Å². The summed E-state index contributed by atoms with van der Waals surface area (Å²) in [6.45, 7) is 11.2. The summed E-state index contributed by atoms with van der Waals surface area (Å²) in [5.74, 6) is 1.08. The maximum absolute atomic E-state index is 13.2. The largest absolute Gasteiger partial charge is 0.342 e. The van der Waals surface area contributed by atoms with Crippen LogP contribution in [0.5, 0.6) is 0 Å². The van der Waals surface area contributed by atoms with E-state index in [4.69, 9.17) is 4.98 Å². The van der Waals surface area contributed by atoms with Gasteiger partial charge in [0.05, 0.1) is 28.9 Å². The van der Waals surface area contributed by atoms with Crippen LogP contribution in [0.1, 0.15) is 63.5 Å². The standard InChI is InChI=1S/C23H30N6O/c1-6-29-15(2)16(14-25-29)13-24-28-21(30)23(5)12-11-17(22(23,3)4)20-26-18-9-7-8-10-19(18)27-20/h7-10,13-14,17H,6,11-12H2,1-5H3,(H,26,27)(H,28,30)/b24-13-/t17-,23+/m0/s1. The van der Waals surface area contributed by atoms with Crippen LogP contribution >= 0.6 is 0 Å². The van der Waals surface area contributed by atoms with Crippen molar-refractivity contribution in [3.05, 3.63) is 47.5 Å². The van der Waals surface area contributed by atoms with Crippen molar-refractivity contribution in [2.75, 3.05) is 0 Å². The maximum atomic E-state index is 13.2. The van der Waals surface area contributed by atoms with E-state index >= 15 is 0 Å². The quantitative estimate of drug-likeness (QED) is 0.493. The fourth-order valence-electron chi connectivity index (χ4n) is 4.71. The van der Waals surface area contributed by atoms with Gasteiger partial charge in [-0.3, -0.25) is 9.48 Å². The molecule has 3 aromatic rings. The first kappa shape index (κ1) is 20.3. The van der Waals surface area contributed by atoms with E-state index in [1.165, 1.54) is 0 Å². The van der Waals surface area contributed by atoms with Crippen LogP contribution < -0.4 is 5.43 Å². The summed E-state index contributed by atoms with van der Waals surface area (Å²) < 4.78 is 1.91. The molecule has 1 saturated carbocycles. The molecule has 30 heavy (non-hydrogen) atoms. The lowest BCUT2D eigenvalue weighted by Gasteiger charge is -2.39. The Labute approximate surface area is 177 Å². The van der Waals surface area contributed by atoms with Crippen LogP contribution in [-0.2, 0) is 11.3 Å². The molecule has 0 saturated heterocycles.